The van der Waals surface area contributed by atoms with Crippen molar-refractivity contribution in [2.45, 2.75) is 25.7 Å². The SMILES string of the molecule is O=C(CCC(=O)N1CCc2ccccc21)OCCc1ccccc1. The van der Waals surface area contributed by atoms with Gasteiger partial charge in [-0.25, -0.2) is 0 Å². The van der Waals surface area contributed by atoms with E-state index < -0.39 is 0 Å². The van der Waals surface area contributed by atoms with Gasteiger partial charge in [-0.15, -0.1) is 0 Å². The third-order valence-electron chi connectivity index (χ3n) is 4.23. The van der Waals surface area contributed by atoms with E-state index in [-0.39, 0.29) is 24.7 Å². The van der Waals surface area contributed by atoms with Crippen molar-refractivity contribution < 1.29 is 14.3 Å². The molecule has 2 aromatic rings. The first-order valence-electron chi connectivity index (χ1n) is 8.32. The molecule has 0 aliphatic carbocycles. The minimum Gasteiger partial charge on any atom is -0.465 e. The highest BCUT2D eigenvalue weighted by Gasteiger charge is 2.24. The van der Waals surface area contributed by atoms with Crippen LogP contribution >= 0.6 is 0 Å². The molecule has 3 rings (SSSR count). The number of rotatable bonds is 6. The largest absolute Gasteiger partial charge is 0.465 e. The number of nitrogens with zero attached hydrogens (tertiary/aromatic N) is 1. The number of benzene rings is 2. The minimum atomic E-state index is -0.313. The summed E-state index contributed by atoms with van der Waals surface area (Å²) in [6, 6.07) is 17.8. The van der Waals surface area contributed by atoms with Crippen LogP contribution < -0.4 is 4.90 Å². The molecule has 24 heavy (non-hydrogen) atoms. The molecule has 0 radical (unpaired) electrons. The van der Waals surface area contributed by atoms with Gasteiger partial charge >= 0.3 is 5.97 Å². The van der Waals surface area contributed by atoms with E-state index in [0.717, 1.165) is 17.7 Å². The number of ether oxygens (including phenoxy) is 1. The Morgan fingerprint density at radius 1 is 0.958 bits per heavy atom. The molecule has 0 unspecified atom stereocenters. The quantitative estimate of drug-likeness (QED) is 0.767. The Balaban J connectivity index is 1.41. The number of para-hydroxylation sites is 1. The molecule has 2 aromatic carbocycles. The fraction of sp³-hybridized carbons (Fsp3) is 0.300. The van der Waals surface area contributed by atoms with Crippen molar-refractivity contribution in [3.8, 4) is 0 Å². The van der Waals surface area contributed by atoms with Crippen LogP contribution in [0.5, 0.6) is 0 Å². The lowest BCUT2D eigenvalue weighted by atomic mass is 10.2. The summed E-state index contributed by atoms with van der Waals surface area (Å²) in [4.78, 5) is 25.9. The van der Waals surface area contributed by atoms with Crippen LogP contribution in [0.1, 0.15) is 24.0 Å². The lowest BCUT2D eigenvalue weighted by Crippen LogP contribution is -2.29. The number of anilines is 1. The van der Waals surface area contributed by atoms with Crippen molar-refractivity contribution in [1.82, 2.24) is 0 Å². The van der Waals surface area contributed by atoms with Gasteiger partial charge < -0.3 is 9.64 Å². The predicted octanol–water partition coefficient (Wildman–Crippen LogP) is 3.14. The van der Waals surface area contributed by atoms with Gasteiger partial charge in [-0.05, 0) is 23.6 Å². The summed E-state index contributed by atoms with van der Waals surface area (Å²) < 4.78 is 5.22. The van der Waals surface area contributed by atoms with Crippen molar-refractivity contribution in [3.63, 3.8) is 0 Å². The number of fused-ring (bicyclic) bond motifs is 1. The summed E-state index contributed by atoms with van der Waals surface area (Å²) in [6.07, 6.45) is 1.90. The molecule has 0 saturated heterocycles. The van der Waals surface area contributed by atoms with E-state index in [9.17, 15) is 9.59 Å². The van der Waals surface area contributed by atoms with Crippen LogP contribution in [-0.4, -0.2) is 25.0 Å². The first-order chi connectivity index (χ1) is 11.7. The van der Waals surface area contributed by atoms with E-state index in [2.05, 4.69) is 0 Å². The smallest absolute Gasteiger partial charge is 0.306 e. The van der Waals surface area contributed by atoms with Crippen molar-refractivity contribution in [1.29, 1.82) is 0 Å². The monoisotopic (exact) mass is 323 g/mol. The zero-order chi connectivity index (χ0) is 16.8. The number of esters is 1. The molecule has 124 valence electrons. The topological polar surface area (TPSA) is 46.6 Å². The van der Waals surface area contributed by atoms with Crippen molar-refractivity contribution >= 4 is 17.6 Å². The fourth-order valence-electron chi connectivity index (χ4n) is 2.94. The summed E-state index contributed by atoms with van der Waals surface area (Å²) in [5.41, 5.74) is 3.30. The number of hydrogen-bond acceptors (Lipinski definition) is 3. The lowest BCUT2D eigenvalue weighted by molar-refractivity contribution is -0.144. The van der Waals surface area contributed by atoms with Gasteiger partial charge in [0.2, 0.25) is 5.91 Å². The first kappa shape index (κ1) is 16.2. The van der Waals surface area contributed by atoms with Gasteiger partial charge in [-0.3, -0.25) is 9.59 Å². The van der Waals surface area contributed by atoms with E-state index in [0.29, 0.717) is 19.6 Å². The van der Waals surface area contributed by atoms with Crippen LogP contribution in [0, 0.1) is 0 Å². The predicted molar refractivity (Wildman–Crippen MR) is 92.8 cm³/mol. The van der Waals surface area contributed by atoms with Gasteiger partial charge in [0.15, 0.2) is 0 Å². The maximum absolute atomic E-state index is 12.3. The van der Waals surface area contributed by atoms with Gasteiger partial charge in [0, 0.05) is 25.1 Å². The van der Waals surface area contributed by atoms with E-state index in [1.165, 1.54) is 5.56 Å². The molecule has 0 bridgehead atoms. The van der Waals surface area contributed by atoms with Crippen molar-refractivity contribution in [3.05, 3.63) is 65.7 Å². The van der Waals surface area contributed by atoms with Crippen LogP contribution in [0.15, 0.2) is 54.6 Å². The minimum absolute atomic E-state index is 0.0139. The van der Waals surface area contributed by atoms with Gasteiger partial charge in [0.1, 0.15) is 0 Å². The first-order valence-corrected chi connectivity index (χ1v) is 8.32. The summed E-state index contributed by atoms with van der Waals surface area (Å²) in [5.74, 6) is -0.327. The molecule has 4 heteroatoms. The van der Waals surface area contributed by atoms with E-state index in [1.807, 2.05) is 54.6 Å². The zero-order valence-corrected chi connectivity index (χ0v) is 13.6. The zero-order valence-electron chi connectivity index (χ0n) is 13.6. The van der Waals surface area contributed by atoms with Crippen LogP contribution in [-0.2, 0) is 27.2 Å². The Labute approximate surface area is 142 Å². The Kier molecular flexibility index (Phi) is 5.26. The molecule has 1 amide bonds. The average Bonchev–Trinajstić information content (AvgIpc) is 3.05. The summed E-state index contributed by atoms with van der Waals surface area (Å²) >= 11 is 0. The highest BCUT2D eigenvalue weighted by Crippen LogP contribution is 2.28. The molecule has 0 N–H and O–H groups in total. The maximum Gasteiger partial charge on any atom is 0.306 e. The highest BCUT2D eigenvalue weighted by atomic mass is 16.5. The fourth-order valence-corrected chi connectivity index (χ4v) is 2.94. The second-order valence-corrected chi connectivity index (χ2v) is 5.88. The third kappa shape index (κ3) is 4.02. The summed E-state index contributed by atoms with van der Waals surface area (Å²) in [5, 5.41) is 0. The Bertz CT molecular complexity index is 712. The van der Waals surface area contributed by atoms with E-state index in [1.54, 1.807) is 4.90 Å². The summed E-state index contributed by atoms with van der Waals surface area (Å²) in [6.45, 7) is 1.05. The normalized spacial score (nSPS) is 12.8. The second-order valence-electron chi connectivity index (χ2n) is 5.88. The number of amides is 1. The van der Waals surface area contributed by atoms with Crippen molar-refractivity contribution in [2.75, 3.05) is 18.1 Å². The third-order valence-corrected chi connectivity index (χ3v) is 4.23. The maximum atomic E-state index is 12.3. The Hall–Kier alpha value is -2.62. The average molecular weight is 323 g/mol. The summed E-state index contributed by atoms with van der Waals surface area (Å²) in [7, 11) is 0. The van der Waals surface area contributed by atoms with Crippen molar-refractivity contribution in [2.24, 2.45) is 0 Å². The number of hydrogen-bond donors (Lipinski definition) is 0. The van der Waals surface area contributed by atoms with Crippen LogP contribution in [0.3, 0.4) is 0 Å². The van der Waals surface area contributed by atoms with Crippen LogP contribution in [0.4, 0.5) is 5.69 Å². The molecule has 1 heterocycles. The molecule has 1 aliphatic heterocycles. The molecule has 0 atom stereocenters. The number of carbonyl (C=O) groups is 2. The second kappa shape index (κ2) is 7.77. The standard InChI is InChI=1S/C20H21NO3/c22-19(21-14-12-17-8-4-5-9-18(17)21)10-11-20(23)24-15-13-16-6-2-1-3-7-16/h1-9H,10-15H2. The molecule has 1 aliphatic rings. The molecule has 0 fully saturated rings. The van der Waals surface area contributed by atoms with Crippen LogP contribution in [0.25, 0.3) is 0 Å². The molecule has 0 saturated carbocycles. The van der Waals surface area contributed by atoms with Gasteiger partial charge in [0.25, 0.3) is 0 Å². The highest BCUT2D eigenvalue weighted by molar-refractivity contribution is 5.96. The molecule has 0 spiro atoms. The van der Waals surface area contributed by atoms with Crippen LogP contribution in [0.2, 0.25) is 0 Å². The lowest BCUT2D eigenvalue weighted by Gasteiger charge is -2.17. The molecule has 0 aromatic heterocycles. The Morgan fingerprint density at radius 2 is 1.71 bits per heavy atom. The van der Waals surface area contributed by atoms with E-state index in [4.69, 9.17) is 4.74 Å². The van der Waals surface area contributed by atoms with Gasteiger partial charge in [-0.2, -0.15) is 0 Å². The molecule has 4 nitrogen and oxygen atoms in total. The molecular formula is C20H21NO3. The molecular weight excluding hydrogens is 302 g/mol. The van der Waals surface area contributed by atoms with Gasteiger partial charge in [0.05, 0.1) is 13.0 Å². The van der Waals surface area contributed by atoms with Gasteiger partial charge in [-0.1, -0.05) is 48.5 Å². The van der Waals surface area contributed by atoms with E-state index >= 15 is 0 Å². The number of carbonyl (C=O) groups excluding carboxylic acids is 2. The Morgan fingerprint density at radius 3 is 2.54 bits per heavy atom.